The molecule has 116 valence electrons. The fourth-order valence-corrected chi connectivity index (χ4v) is 2.52. The number of rotatable bonds is 4. The molecule has 5 nitrogen and oxygen atoms in total. The van der Waals surface area contributed by atoms with Gasteiger partial charge in [0.05, 0.1) is 5.69 Å². The van der Waals surface area contributed by atoms with E-state index < -0.39 is 11.5 Å². The molecular formula is C17H20N2O3. The number of pyridine rings is 1. The number of hydrogen-bond donors (Lipinski definition) is 1. The number of nitrogens with zero attached hydrogens (tertiary/aromatic N) is 2. The van der Waals surface area contributed by atoms with Gasteiger partial charge in [-0.05, 0) is 35.7 Å². The Balaban J connectivity index is 2.67. The minimum Gasteiger partial charge on any atom is -0.477 e. The average Bonchev–Trinajstić information content (AvgIpc) is 2.49. The van der Waals surface area contributed by atoms with Crippen LogP contribution in [0, 0.1) is 0 Å². The van der Waals surface area contributed by atoms with E-state index in [1.807, 2.05) is 50.2 Å². The maximum absolute atomic E-state index is 12.2. The van der Waals surface area contributed by atoms with Crippen molar-refractivity contribution in [1.29, 1.82) is 0 Å². The highest BCUT2D eigenvalue weighted by Crippen LogP contribution is 2.25. The topological polar surface area (TPSA) is 62.5 Å². The van der Waals surface area contributed by atoms with Gasteiger partial charge in [-0.2, -0.15) is 0 Å². The molecule has 0 bridgehead atoms. The number of aromatic carboxylic acids is 1. The highest BCUT2D eigenvalue weighted by Gasteiger charge is 2.17. The molecule has 1 heterocycles. The van der Waals surface area contributed by atoms with Crippen LogP contribution < -0.4 is 10.5 Å². The quantitative estimate of drug-likeness (QED) is 0.941. The molecule has 1 N–H and O–H groups in total. The van der Waals surface area contributed by atoms with Crippen LogP contribution in [0.4, 0.5) is 5.69 Å². The summed E-state index contributed by atoms with van der Waals surface area (Å²) in [4.78, 5) is 25.4. The lowest BCUT2D eigenvalue weighted by atomic mass is 10.0. The third kappa shape index (κ3) is 2.74. The minimum absolute atomic E-state index is 0.187. The predicted molar refractivity (Wildman–Crippen MR) is 87.8 cm³/mol. The van der Waals surface area contributed by atoms with Gasteiger partial charge in [-0.15, -0.1) is 0 Å². The van der Waals surface area contributed by atoms with E-state index in [1.54, 1.807) is 7.05 Å². The molecule has 0 unspecified atom stereocenters. The van der Waals surface area contributed by atoms with Gasteiger partial charge in [0.2, 0.25) is 0 Å². The average molecular weight is 300 g/mol. The van der Waals surface area contributed by atoms with Crippen molar-refractivity contribution in [3.8, 4) is 11.3 Å². The molecule has 0 aliphatic carbocycles. The summed E-state index contributed by atoms with van der Waals surface area (Å²) in [5, 5.41) is 9.15. The zero-order chi connectivity index (χ0) is 16.4. The Morgan fingerprint density at radius 3 is 2.27 bits per heavy atom. The van der Waals surface area contributed by atoms with Crippen LogP contribution in [-0.2, 0) is 13.5 Å². The third-order valence-electron chi connectivity index (χ3n) is 3.76. The molecule has 0 amide bonds. The van der Waals surface area contributed by atoms with Crippen molar-refractivity contribution >= 4 is 11.7 Å². The van der Waals surface area contributed by atoms with Crippen LogP contribution in [0.2, 0.25) is 0 Å². The number of aromatic nitrogens is 1. The highest BCUT2D eigenvalue weighted by atomic mass is 16.4. The highest BCUT2D eigenvalue weighted by molar-refractivity contribution is 5.88. The summed E-state index contributed by atoms with van der Waals surface area (Å²) < 4.78 is 1.42. The van der Waals surface area contributed by atoms with Gasteiger partial charge in [0.15, 0.2) is 0 Å². The molecule has 0 radical (unpaired) electrons. The summed E-state index contributed by atoms with van der Waals surface area (Å²) in [6.45, 7) is 1.95. The van der Waals surface area contributed by atoms with Crippen molar-refractivity contribution in [1.82, 2.24) is 4.57 Å². The molecule has 22 heavy (non-hydrogen) atoms. The third-order valence-corrected chi connectivity index (χ3v) is 3.76. The SMILES string of the molecule is CCc1cc(C(=O)O)c(=O)n(C)c1-c1ccc(N(C)C)cc1. The van der Waals surface area contributed by atoms with E-state index in [0.29, 0.717) is 6.42 Å². The second-order valence-corrected chi connectivity index (χ2v) is 5.40. The van der Waals surface area contributed by atoms with E-state index in [0.717, 1.165) is 22.5 Å². The summed E-state index contributed by atoms with van der Waals surface area (Å²) >= 11 is 0. The van der Waals surface area contributed by atoms with E-state index in [-0.39, 0.29) is 5.56 Å². The molecule has 5 heteroatoms. The number of hydrogen-bond acceptors (Lipinski definition) is 3. The normalized spacial score (nSPS) is 10.5. The first-order chi connectivity index (χ1) is 10.4. The van der Waals surface area contributed by atoms with Crippen molar-refractivity contribution in [2.75, 3.05) is 19.0 Å². The van der Waals surface area contributed by atoms with Gasteiger partial charge in [0.1, 0.15) is 5.56 Å². The Bertz CT molecular complexity index is 759. The Labute approximate surface area is 129 Å². The van der Waals surface area contributed by atoms with Crippen molar-refractivity contribution in [3.05, 3.63) is 51.8 Å². The number of carbonyl (C=O) groups is 1. The summed E-state index contributed by atoms with van der Waals surface area (Å²) in [5.41, 5.74) is 2.90. The van der Waals surface area contributed by atoms with Crippen LogP contribution in [0.15, 0.2) is 35.1 Å². The molecule has 2 aromatic rings. The molecule has 1 aromatic heterocycles. The Morgan fingerprint density at radius 2 is 1.82 bits per heavy atom. The Morgan fingerprint density at radius 1 is 1.23 bits per heavy atom. The maximum Gasteiger partial charge on any atom is 0.341 e. The summed E-state index contributed by atoms with van der Waals surface area (Å²) in [6.07, 6.45) is 0.652. The smallest absolute Gasteiger partial charge is 0.341 e. The standard InChI is InChI=1S/C17H20N2O3/c1-5-11-10-14(17(21)22)16(20)19(4)15(11)12-6-8-13(9-7-12)18(2)3/h6-10H,5H2,1-4H3,(H,21,22). The lowest BCUT2D eigenvalue weighted by molar-refractivity contribution is 0.0694. The molecule has 0 spiro atoms. The maximum atomic E-state index is 12.2. The van der Waals surface area contributed by atoms with Crippen LogP contribution in [0.3, 0.4) is 0 Å². The minimum atomic E-state index is -1.19. The first-order valence-electron chi connectivity index (χ1n) is 7.10. The predicted octanol–water partition coefficient (Wildman–Crippen LogP) is 2.38. The Hall–Kier alpha value is -2.56. The zero-order valence-corrected chi connectivity index (χ0v) is 13.3. The summed E-state index contributed by atoms with van der Waals surface area (Å²) in [5.74, 6) is -1.19. The summed E-state index contributed by atoms with van der Waals surface area (Å²) in [7, 11) is 5.54. The second-order valence-electron chi connectivity index (χ2n) is 5.40. The lowest BCUT2D eigenvalue weighted by Gasteiger charge is -2.17. The molecule has 0 saturated heterocycles. The first kappa shape index (κ1) is 15.8. The van der Waals surface area contributed by atoms with Gasteiger partial charge in [0, 0.05) is 26.8 Å². The molecule has 0 saturated carbocycles. The number of aryl methyl sites for hydroxylation is 1. The van der Waals surface area contributed by atoms with Crippen molar-refractivity contribution in [3.63, 3.8) is 0 Å². The molecule has 0 fully saturated rings. The second kappa shape index (κ2) is 6.05. The van der Waals surface area contributed by atoms with Crippen molar-refractivity contribution in [2.45, 2.75) is 13.3 Å². The fourth-order valence-electron chi connectivity index (χ4n) is 2.52. The number of carboxylic acids is 1. The van der Waals surface area contributed by atoms with E-state index in [4.69, 9.17) is 5.11 Å². The number of anilines is 1. The molecule has 2 rings (SSSR count). The molecule has 1 aromatic carbocycles. The zero-order valence-electron chi connectivity index (χ0n) is 13.3. The number of carboxylic acid groups (broad SMARTS) is 1. The van der Waals surface area contributed by atoms with Crippen LogP contribution in [-0.4, -0.2) is 29.7 Å². The van der Waals surface area contributed by atoms with E-state index >= 15 is 0 Å². The van der Waals surface area contributed by atoms with E-state index in [1.165, 1.54) is 10.6 Å². The molecular weight excluding hydrogens is 280 g/mol. The summed E-state index contributed by atoms with van der Waals surface area (Å²) in [6, 6.07) is 9.34. The van der Waals surface area contributed by atoms with Crippen LogP contribution in [0.1, 0.15) is 22.8 Å². The lowest BCUT2D eigenvalue weighted by Crippen LogP contribution is -2.26. The molecule has 0 atom stereocenters. The monoisotopic (exact) mass is 300 g/mol. The van der Waals surface area contributed by atoms with Gasteiger partial charge < -0.3 is 14.6 Å². The van der Waals surface area contributed by atoms with Crippen LogP contribution in [0.25, 0.3) is 11.3 Å². The molecule has 0 aliphatic rings. The van der Waals surface area contributed by atoms with Gasteiger partial charge in [-0.1, -0.05) is 19.1 Å². The Kier molecular flexibility index (Phi) is 4.35. The van der Waals surface area contributed by atoms with Crippen molar-refractivity contribution in [2.24, 2.45) is 7.05 Å². The first-order valence-corrected chi connectivity index (χ1v) is 7.10. The molecule has 0 aliphatic heterocycles. The van der Waals surface area contributed by atoms with Gasteiger partial charge >= 0.3 is 5.97 Å². The van der Waals surface area contributed by atoms with Gasteiger partial charge in [-0.25, -0.2) is 4.79 Å². The largest absolute Gasteiger partial charge is 0.477 e. The van der Waals surface area contributed by atoms with Gasteiger partial charge in [0.25, 0.3) is 5.56 Å². The number of benzene rings is 1. The van der Waals surface area contributed by atoms with Crippen LogP contribution >= 0.6 is 0 Å². The van der Waals surface area contributed by atoms with E-state index in [9.17, 15) is 9.59 Å². The van der Waals surface area contributed by atoms with E-state index in [2.05, 4.69) is 0 Å². The van der Waals surface area contributed by atoms with Gasteiger partial charge in [-0.3, -0.25) is 4.79 Å². The van der Waals surface area contributed by atoms with Crippen molar-refractivity contribution < 1.29 is 9.90 Å². The van der Waals surface area contributed by atoms with Crippen LogP contribution in [0.5, 0.6) is 0 Å². The fraction of sp³-hybridized carbons (Fsp3) is 0.294.